The minimum Gasteiger partial charge on any atom is -0.366 e. The number of primary amides is 1. The average molecular weight is 188 g/mol. The van der Waals surface area contributed by atoms with Crippen molar-refractivity contribution < 1.29 is 4.79 Å². The van der Waals surface area contributed by atoms with E-state index in [0.717, 1.165) is 5.56 Å². The van der Waals surface area contributed by atoms with Crippen LogP contribution in [0, 0.1) is 6.92 Å². The van der Waals surface area contributed by atoms with Gasteiger partial charge < -0.3 is 5.73 Å². The predicted octanol–water partition coefficient (Wildman–Crippen LogP) is 1.44. The Kier molecular flexibility index (Phi) is 3.18. The zero-order valence-electron chi connectivity index (χ0n) is 8.03. The van der Waals surface area contributed by atoms with Crippen LogP contribution in [-0.2, 0) is 4.79 Å². The Morgan fingerprint density at radius 3 is 2.86 bits per heavy atom. The Morgan fingerprint density at radius 2 is 2.36 bits per heavy atom. The summed E-state index contributed by atoms with van der Waals surface area (Å²) in [6.45, 7) is 5.40. The van der Waals surface area contributed by atoms with E-state index in [4.69, 9.17) is 5.73 Å². The summed E-state index contributed by atoms with van der Waals surface area (Å²) in [5.41, 5.74) is 7.14. The molecule has 0 saturated carbocycles. The molecule has 14 heavy (non-hydrogen) atoms. The molecular formula is C11H12N2O. The van der Waals surface area contributed by atoms with Crippen molar-refractivity contribution in [2.75, 3.05) is 0 Å². The molecule has 1 rings (SSSR count). The molecule has 72 valence electrons. The van der Waals surface area contributed by atoms with Gasteiger partial charge in [0.15, 0.2) is 0 Å². The zero-order chi connectivity index (χ0) is 10.6. The Bertz CT molecular complexity index is 394. The summed E-state index contributed by atoms with van der Waals surface area (Å²) in [5, 5.41) is 0. The number of allylic oxidation sites excluding steroid dienone is 2. The number of aromatic nitrogens is 1. The number of carbonyl (C=O) groups is 1. The molecule has 0 atom stereocenters. The molecule has 0 spiro atoms. The maximum Gasteiger partial charge on any atom is 0.250 e. The van der Waals surface area contributed by atoms with Crippen molar-refractivity contribution >= 4 is 11.5 Å². The van der Waals surface area contributed by atoms with Crippen molar-refractivity contribution in [3.05, 3.63) is 48.3 Å². The van der Waals surface area contributed by atoms with Gasteiger partial charge in [0.05, 0.1) is 11.3 Å². The van der Waals surface area contributed by atoms with E-state index in [1.807, 2.05) is 19.1 Å². The molecule has 1 aromatic rings. The monoisotopic (exact) mass is 188 g/mol. The lowest BCUT2D eigenvalue weighted by Crippen LogP contribution is -2.14. The van der Waals surface area contributed by atoms with Crippen LogP contribution >= 0.6 is 0 Å². The molecule has 1 heterocycles. The first-order valence-corrected chi connectivity index (χ1v) is 4.21. The topological polar surface area (TPSA) is 56.0 Å². The standard InChI is InChI=1S/C11H12N2O/c1-3-5-9(11(12)14)10-8(2)6-4-7-13-10/h3-7H,1H2,2H3,(H2,12,14)/b9-5+. The quantitative estimate of drug-likeness (QED) is 0.576. The van der Waals surface area contributed by atoms with Crippen LogP contribution in [0.3, 0.4) is 0 Å². The molecule has 0 aliphatic rings. The molecule has 0 aliphatic heterocycles. The minimum atomic E-state index is -0.494. The summed E-state index contributed by atoms with van der Waals surface area (Å²) in [6.07, 6.45) is 4.72. The molecule has 0 radical (unpaired) electrons. The van der Waals surface area contributed by atoms with Crippen LogP contribution in [0.4, 0.5) is 0 Å². The molecule has 0 bridgehead atoms. The predicted molar refractivity (Wildman–Crippen MR) is 56.3 cm³/mol. The highest BCUT2D eigenvalue weighted by atomic mass is 16.1. The summed E-state index contributed by atoms with van der Waals surface area (Å²) < 4.78 is 0. The fourth-order valence-corrected chi connectivity index (χ4v) is 1.16. The van der Waals surface area contributed by atoms with Crippen molar-refractivity contribution in [3.63, 3.8) is 0 Å². The summed E-state index contributed by atoms with van der Waals surface area (Å²) in [7, 11) is 0. The van der Waals surface area contributed by atoms with Crippen molar-refractivity contribution in [1.29, 1.82) is 0 Å². The molecule has 2 N–H and O–H groups in total. The number of amides is 1. The second-order valence-electron chi connectivity index (χ2n) is 2.85. The third-order valence-electron chi connectivity index (χ3n) is 1.81. The number of hydrogen-bond acceptors (Lipinski definition) is 2. The van der Waals surface area contributed by atoms with E-state index in [1.165, 1.54) is 6.08 Å². The largest absolute Gasteiger partial charge is 0.366 e. The van der Waals surface area contributed by atoms with Gasteiger partial charge in [-0.15, -0.1) is 0 Å². The third-order valence-corrected chi connectivity index (χ3v) is 1.81. The highest BCUT2D eigenvalue weighted by Crippen LogP contribution is 2.15. The Labute approximate surface area is 83.0 Å². The highest BCUT2D eigenvalue weighted by molar-refractivity contribution is 6.18. The molecule has 1 aromatic heterocycles. The Hall–Kier alpha value is -1.90. The van der Waals surface area contributed by atoms with Crippen molar-refractivity contribution in [3.8, 4) is 0 Å². The molecule has 0 saturated heterocycles. The van der Waals surface area contributed by atoms with E-state index >= 15 is 0 Å². The van der Waals surface area contributed by atoms with Crippen LogP contribution in [0.1, 0.15) is 11.3 Å². The van der Waals surface area contributed by atoms with Gasteiger partial charge in [0.2, 0.25) is 0 Å². The van der Waals surface area contributed by atoms with Crippen molar-refractivity contribution in [1.82, 2.24) is 4.98 Å². The maximum atomic E-state index is 11.1. The lowest BCUT2D eigenvalue weighted by Gasteiger charge is -2.04. The SMILES string of the molecule is C=C/C=C(/C(N)=O)c1ncccc1C. The highest BCUT2D eigenvalue weighted by Gasteiger charge is 2.10. The minimum absolute atomic E-state index is 0.387. The maximum absolute atomic E-state index is 11.1. The smallest absolute Gasteiger partial charge is 0.250 e. The summed E-state index contributed by atoms with van der Waals surface area (Å²) in [6, 6.07) is 3.69. The van der Waals surface area contributed by atoms with Gasteiger partial charge in [-0.25, -0.2) is 0 Å². The van der Waals surface area contributed by atoms with Gasteiger partial charge in [-0.1, -0.05) is 18.7 Å². The summed E-state index contributed by atoms with van der Waals surface area (Å²) >= 11 is 0. The number of rotatable bonds is 3. The van der Waals surface area contributed by atoms with Gasteiger partial charge in [0, 0.05) is 6.20 Å². The average Bonchev–Trinajstić information content (AvgIpc) is 2.15. The summed E-state index contributed by atoms with van der Waals surface area (Å²) in [5.74, 6) is -0.494. The molecule has 3 heteroatoms. The van der Waals surface area contributed by atoms with Gasteiger partial charge in [-0.3, -0.25) is 9.78 Å². The van der Waals surface area contributed by atoms with Gasteiger partial charge in [-0.2, -0.15) is 0 Å². The number of nitrogens with zero attached hydrogens (tertiary/aromatic N) is 1. The Balaban J connectivity index is 3.26. The number of hydrogen-bond donors (Lipinski definition) is 1. The fraction of sp³-hybridized carbons (Fsp3) is 0.0909. The molecule has 0 aliphatic carbocycles. The van der Waals surface area contributed by atoms with Gasteiger partial charge in [0.25, 0.3) is 5.91 Å². The van der Waals surface area contributed by atoms with Crippen molar-refractivity contribution in [2.45, 2.75) is 6.92 Å². The van der Waals surface area contributed by atoms with Crippen LogP contribution < -0.4 is 5.73 Å². The van der Waals surface area contributed by atoms with E-state index in [2.05, 4.69) is 11.6 Å². The molecule has 1 amide bonds. The van der Waals surface area contributed by atoms with E-state index < -0.39 is 5.91 Å². The number of nitrogens with two attached hydrogens (primary N) is 1. The van der Waals surface area contributed by atoms with Crippen LogP contribution in [-0.4, -0.2) is 10.9 Å². The number of carbonyl (C=O) groups excluding carboxylic acids is 1. The molecule has 0 fully saturated rings. The first kappa shape index (κ1) is 10.2. The van der Waals surface area contributed by atoms with Gasteiger partial charge in [-0.05, 0) is 24.6 Å². The first-order chi connectivity index (χ1) is 6.66. The van der Waals surface area contributed by atoms with Gasteiger partial charge in [0.1, 0.15) is 0 Å². The van der Waals surface area contributed by atoms with Crippen molar-refractivity contribution in [2.24, 2.45) is 5.73 Å². The third kappa shape index (κ3) is 2.07. The van der Waals surface area contributed by atoms with E-state index in [0.29, 0.717) is 11.3 Å². The lowest BCUT2D eigenvalue weighted by molar-refractivity contribution is -0.112. The van der Waals surface area contributed by atoms with Crippen LogP contribution in [0.15, 0.2) is 37.1 Å². The first-order valence-electron chi connectivity index (χ1n) is 4.21. The molecule has 0 aromatic carbocycles. The lowest BCUT2D eigenvalue weighted by atomic mass is 10.1. The van der Waals surface area contributed by atoms with E-state index in [1.54, 1.807) is 12.3 Å². The number of aryl methyl sites for hydroxylation is 1. The Morgan fingerprint density at radius 1 is 1.64 bits per heavy atom. The van der Waals surface area contributed by atoms with Crippen LogP contribution in [0.5, 0.6) is 0 Å². The zero-order valence-corrected chi connectivity index (χ0v) is 8.03. The molecule has 0 unspecified atom stereocenters. The summed E-state index contributed by atoms with van der Waals surface area (Å²) in [4.78, 5) is 15.2. The van der Waals surface area contributed by atoms with E-state index in [-0.39, 0.29) is 0 Å². The second kappa shape index (κ2) is 4.37. The van der Waals surface area contributed by atoms with Crippen LogP contribution in [0.25, 0.3) is 5.57 Å². The second-order valence-corrected chi connectivity index (χ2v) is 2.85. The number of pyridine rings is 1. The van der Waals surface area contributed by atoms with Gasteiger partial charge >= 0.3 is 0 Å². The fourth-order valence-electron chi connectivity index (χ4n) is 1.16. The van der Waals surface area contributed by atoms with E-state index in [9.17, 15) is 4.79 Å². The normalized spacial score (nSPS) is 11.1. The molecular weight excluding hydrogens is 176 g/mol. The van der Waals surface area contributed by atoms with Crippen LogP contribution in [0.2, 0.25) is 0 Å². The molecule has 3 nitrogen and oxygen atoms in total.